The standard InChI is InChI=1S/C20H24O3Si/c1-20(2,3)24(15-10-6-4-7-11-15,16-12-8-5-9-13-16)17-14-23-19(22)18(17)21/h4-13,17-18,21H,14H2,1-3H3. The number of hydrogen-bond acceptors (Lipinski definition) is 3. The van der Waals surface area contributed by atoms with Gasteiger partial charge in [-0.15, -0.1) is 0 Å². The van der Waals surface area contributed by atoms with Gasteiger partial charge in [-0.2, -0.15) is 0 Å². The van der Waals surface area contributed by atoms with Gasteiger partial charge < -0.3 is 9.84 Å². The third-order valence-electron chi connectivity index (χ3n) is 5.23. The number of esters is 1. The number of aliphatic hydroxyl groups is 1. The van der Waals surface area contributed by atoms with Gasteiger partial charge in [0, 0.05) is 5.54 Å². The zero-order chi connectivity index (χ0) is 17.4. The normalized spacial score (nSPS) is 21.6. The van der Waals surface area contributed by atoms with Crippen molar-refractivity contribution >= 4 is 24.4 Å². The lowest BCUT2D eigenvalue weighted by Crippen LogP contribution is -2.69. The SMILES string of the molecule is CC(C)(C)[Si](c1ccccc1)(c1ccccc1)C1COC(=O)C1O. The largest absolute Gasteiger partial charge is 0.464 e. The van der Waals surface area contributed by atoms with Gasteiger partial charge >= 0.3 is 5.97 Å². The maximum atomic E-state index is 12.0. The maximum absolute atomic E-state index is 12.0. The van der Waals surface area contributed by atoms with E-state index in [1.807, 2.05) is 36.4 Å². The lowest BCUT2D eigenvalue weighted by atomic mass is 10.2. The molecule has 126 valence electrons. The second kappa shape index (κ2) is 6.19. The van der Waals surface area contributed by atoms with Crippen LogP contribution in [0.25, 0.3) is 0 Å². The molecule has 1 aliphatic rings. The highest BCUT2D eigenvalue weighted by molar-refractivity contribution is 7.05. The van der Waals surface area contributed by atoms with Crippen molar-refractivity contribution in [2.75, 3.05) is 6.61 Å². The number of rotatable bonds is 3. The predicted octanol–water partition coefficient (Wildman–Crippen LogP) is 2.34. The van der Waals surface area contributed by atoms with Crippen molar-refractivity contribution in [1.82, 2.24) is 0 Å². The molecule has 24 heavy (non-hydrogen) atoms. The van der Waals surface area contributed by atoms with E-state index in [0.29, 0.717) is 0 Å². The van der Waals surface area contributed by atoms with E-state index >= 15 is 0 Å². The molecule has 0 saturated carbocycles. The molecule has 0 amide bonds. The van der Waals surface area contributed by atoms with Gasteiger partial charge in [0.2, 0.25) is 0 Å². The van der Waals surface area contributed by atoms with Crippen LogP contribution in [0.15, 0.2) is 60.7 Å². The molecule has 1 N–H and O–H groups in total. The van der Waals surface area contributed by atoms with Crippen molar-refractivity contribution < 1.29 is 14.6 Å². The quantitative estimate of drug-likeness (QED) is 0.689. The van der Waals surface area contributed by atoms with Crippen molar-refractivity contribution in [3.63, 3.8) is 0 Å². The van der Waals surface area contributed by atoms with Gasteiger partial charge in [-0.05, 0) is 5.04 Å². The summed E-state index contributed by atoms with van der Waals surface area (Å²) in [5, 5.41) is 13.0. The highest BCUT2D eigenvalue weighted by Crippen LogP contribution is 2.46. The van der Waals surface area contributed by atoms with E-state index in [4.69, 9.17) is 4.74 Å². The van der Waals surface area contributed by atoms with Gasteiger partial charge in [0.15, 0.2) is 6.10 Å². The number of carbonyl (C=O) groups is 1. The summed E-state index contributed by atoms with van der Waals surface area (Å²) in [6.45, 7) is 6.94. The van der Waals surface area contributed by atoms with Crippen LogP contribution in [0, 0.1) is 0 Å². The molecule has 0 spiro atoms. The fourth-order valence-corrected chi connectivity index (χ4v) is 10.7. The Balaban J connectivity index is 2.32. The smallest absolute Gasteiger partial charge is 0.335 e. The summed E-state index contributed by atoms with van der Waals surface area (Å²) in [6.07, 6.45) is -1.06. The minimum atomic E-state index is -2.52. The summed E-state index contributed by atoms with van der Waals surface area (Å²) in [7, 11) is -2.52. The Kier molecular flexibility index (Phi) is 4.36. The van der Waals surface area contributed by atoms with Crippen LogP contribution in [-0.4, -0.2) is 31.9 Å². The summed E-state index contributed by atoms with van der Waals surface area (Å²) >= 11 is 0. The Morgan fingerprint density at radius 3 is 1.75 bits per heavy atom. The molecular weight excluding hydrogens is 316 g/mol. The van der Waals surface area contributed by atoms with Crippen LogP contribution in [-0.2, 0) is 9.53 Å². The maximum Gasteiger partial charge on any atom is 0.335 e. The molecule has 1 fully saturated rings. The molecule has 3 nitrogen and oxygen atoms in total. The van der Waals surface area contributed by atoms with Crippen LogP contribution in [0.2, 0.25) is 10.6 Å². The molecule has 1 saturated heterocycles. The molecule has 2 atom stereocenters. The van der Waals surface area contributed by atoms with E-state index in [-0.39, 0.29) is 17.2 Å². The first-order chi connectivity index (χ1) is 11.4. The van der Waals surface area contributed by atoms with Crippen LogP contribution in [0.4, 0.5) is 0 Å². The number of ether oxygens (including phenoxy) is 1. The first-order valence-corrected chi connectivity index (χ1v) is 10.4. The lowest BCUT2D eigenvalue weighted by molar-refractivity contribution is -0.144. The van der Waals surface area contributed by atoms with Crippen LogP contribution in [0.3, 0.4) is 0 Å². The summed E-state index contributed by atoms with van der Waals surface area (Å²) in [6, 6.07) is 20.7. The second-order valence-electron chi connectivity index (χ2n) is 7.47. The van der Waals surface area contributed by atoms with Crippen molar-refractivity contribution in [1.29, 1.82) is 0 Å². The molecule has 2 aromatic carbocycles. The van der Waals surface area contributed by atoms with E-state index in [1.54, 1.807) is 0 Å². The summed E-state index contributed by atoms with van der Waals surface area (Å²) in [4.78, 5) is 12.0. The van der Waals surface area contributed by atoms with Gasteiger partial charge in [-0.25, -0.2) is 4.79 Å². The number of aliphatic hydroxyl groups excluding tert-OH is 1. The van der Waals surface area contributed by atoms with Gasteiger partial charge in [0.05, 0.1) is 6.61 Å². The average Bonchev–Trinajstić information content (AvgIpc) is 2.89. The summed E-state index contributed by atoms with van der Waals surface area (Å²) in [5.41, 5.74) is -0.199. The van der Waals surface area contributed by atoms with Crippen LogP contribution in [0.5, 0.6) is 0 Å². The van der Waals surface area contributed by atoms with Crippen LogP contribution in [0.1, 0.15) is 20.8 Å². The fraction of sp³-hybridized carbons (Fsp3) is 0.350. The molecule has 3 rings (SSSR count). The first kappa shape index (κ1) is 16.9. The highest BCUT2D eigenvalue weighted by atomic mass is 28.3. The molecular formula is C20H24O3Si. The lowest BCUT2D eigenvalue weighted by Gasteiger charge is -2.48. The minimum absolute atomic E-state index is 0.102. The summed E-state index contributed by atoms with van der Waals surface area (Å²) in [5.74, 6) is -0.493. The van der Waals surface area contributed by atoms with Crippen LogP contribution < -0.4 is 10.4 Å². The molecule has 0 bridgehead atoms. The zero-order valence-electron chi connectivity index (χ0n) is 14.4. The Morgan fingerprint density at radius 2 is 1.42 bits per heavy atom. The molecule has 2 aromatic rings. The number of carbonyl (C=O) groups excluding carboxylic acids is 1. The Labute approximate surface area is 144 Å². The van der Waals surface area contributed by atoms with E-state index in [0.717, 1.165) is 0 Å². The third-order valence-corrected chi connectivity index (χ3v) is 11.7. The molecule has 0 radical (unpaired) electrons. The highest BCUT2D eigenvalue weighted by Gasteiger charge is 2.59. The van der Waals surface area contributed by atoms with Crippen molar-refractivity contribution in [2.24, 2.45) is 0 Å². The molecule has 0 aromatic heterocycles. The second-order valence-corrected chi connectivity index (χ2v) is 12.5. The topological polar surface area (TPSA) is 46.5 Å². The van der Waals surface area contributed by atoms with E-state index < -0.39 is 20.1 Å². The molecule has 1 aliphatic heterocycles. The van der Waals surface area contributed by atoms with E-state index in [9.17, 15) is 9.90 Å². The fourth-order valence-electron chi connectivity index (χ4n) is 4.29. The molecule has 4 heteroatoms. The average molecular weight is 340 g/mol. The minimum Gasteiger partial charge on any atom is -0.464 e. The molecule has 2 unspecified atom stereocenters. The predicted molar refractivity (Wildman–Crippen MR) is 98.3 cm³/mol. The number of cyclic esters (lactones) is 1. The monoisotopic (exact) mass is 340 g/mol. The van der Waals surface area contributed by atoms with E-state index in [2.05, 4.69) is 45.0 Å². The summed E-state index contributed by atoms with van der Waals surface area (Å²) < 4.78 is 5.27. The molecule has 1 heterocycles. The van der Waals surface area contributed by atoms with Crippen molar-refractivity contribution in [2.45, 2.75) is 37.5 Å². The third kappa shape index (κ3) is 2.50. The molecule has 0 aliphatic carbocycles. The van der Waals surface area contributed by atoms with E-state index in [1.165, 1.54) is 10.4 Å². The van der Waals surface area contributed by atoms with Gasteiger partial charge in [0.1, 0.15) is 8.07 Å². The Hall–Kier alpha value is -1.91. The van der Waals surface area contributed by atoms with Gasteiger partial charge in [-0.3, -0.25) is 0 Å². The van der Waals surface area contributed by atoms with Crippen LogP contribution >= 0.6 is 0 Å². The Bertz CT molecular complexity index is 667. The number of benzene rings is 2. The first-order valence-electron chi connectivity index (χ1n) is 8.35. The zero-order valence-corrected chi connectivity index (χ0v) is 15.4. The van der Waals surface area contributed by atoms with Crippen molar-refractivity contribution in [3.05, 3.63) is 60.7 Å². The van der Waals surface area contributed by atoms with Gasteiger partial charge in [0.25, 0.3) is 0 Å². The van der Waals surface area contributed by atoms with Crippen molar-refractivity contribution in [3.8, 4) is 0 Å². The van der Waals surface area contributed by atoms with Gasteiger partial charge in [-0.1, -0.05) is 91.8 Å². The number of hydrogen-bond donors (Lipinski definition) is 1. The Morgan fingerprint density at radius 1 is 0.958 bits per heavy atom.